The van der Waals surface area contributed by atoms with Gasteiger partial charge >= 0.3 is 0 Å². The van der Waals surface area contributed by atoms with Crippen molar-refractivity contribution in [1.29, 1.82) is 0 Å². The molecule has 20 heavy (non-hydrogen) atoms. The number of aryl methyl sites for hydroxylation is 2. The second-order valence-electron chi connectivity index (χ2n) is 5.81. The second kappa shape index (κ2) is 5.58. The molecule has 0 fully saturated rings. The summed E-state index contributed by atoms with van der Waals surface area (Å²) in [6, 6.07) is 9.65. The zero-order chi connectivity index (χ0) is 14.9. The third-order valence-electron chi connectivity index (χ3n) is 3.67. The molecule has 0 atom stereocenters. The van der Waals surface area contributed by atoms with E-state index in [4.69, 9.17) is 0 Å². The van der Waals surface area contributed by atoms with Gasteiger partial charge in [0.05, 0.1) is 0 Å². The maximum Gasteiger partial charge on any atom is 0.122 e. The first-order valence-electron chi connectivity index (χ1n) is 6.99. The molecular formula is C18H22O2. The van der Waals surface area contributed by atoms with E-state index in [2.05, 4.69) is 13.8 Å². The van der Waals surface area contributed by atoms with Crippen LogP contribution < -0.4 is 0 Å². The van der Waals surface area contributed by atoms with E-state index in [-0.39, 0.29) is 5.75 Å². The molecule has 2 aromatic rings. The number of hydrogen-bond donors (Lipinski definition) is 2. The highest BCUT2D eigenvalue weighted by Gasteiger charge is 2.11. The normalized spacial score (nSPS) is 11.1. The number of phenolic OH excluding ortho intramolecular Hbond substituents is 2. The zero-order valence-electron chi connectivity index (χ0n) is 12.6. The van der Waals surface area contributed by atoms with Crippen molar-refractivity contribution in [3.8, 4) is 11.5 Å². The predicted molar refractivity (Wildman–Crippen MR) is 82.6 cm³/mol. The first-order chi connectivity index (χ1) is 9.38. The highest BCUT2D eigenvalue weighted by atomic mass is 16.3. The standard InChI is InChI=1S/C18H22O2/c1-11(2)14-5-6-17(19)15(9-14)10-16-8-12(3)7-13(4)18(16)20/h5-9,11,19-20H,10H2,1-4H3. The van der Waals surface area contributed by atoms with Gasteiger partial charge in [-0.25, -0.2) is 0 Å². The van der Waals surface area contributed by atoms with Crippen molar-refractivity contribution in [3.63, 3.8) is 0 Å². The van der Waals surface area contributed by atoms with Crippen molar-refractivity contribution >= 4 is 0 Å². The quantitative estimate of drug-likeness (QED) is 0.866. The lowest BCUT2D eigenvalue weighted by molar-refractivity contribution is 0.460. The summed E-state index contributed by atoms with van der Waals surface area (Å²) in [6.45, 7) is 8.17. The van der Waals surface area contributed by atoms with E-state index < -0.39 is 0 Å². The Morgan fingerprint density at radius 3 is 2.30 bits per heavy atom. The molecule has 0 saturated heterocycles. The van der Waals surface area contributed by atoms with Gasteiger partial charge in [-0.1, -0.05) is 43.7 Å². The van der Waals surface area contributed by atoms with Crippen molar-refractivity contribution in [2.45, 2.75) is 40.0 Å². The van der Waals surface area contributed by atoms with Gasteiger partial charge in [0, 0.05) is 6.42 Å². The summed E-state index contributed by atoms with van der Waals surface area (Å²) in [7, 11) is 0. The minimum Gasteiger partial charge on any atom is -0.508 e. The smallest absolute Gasteiger partial charge is 0.122 e. The molecule has 0 aliphatic heterocycles. The Hall–Kier alpha value is -1.96. The second-order valence-corrected chi connectivity index (χ2v) is 5.81. The van der Waals surface area contributed by atoms with Crippen molar-refractivity contribution in [3.05, 3.63) is 58.1 Å². The Morgan fingerprint density at radius 1 is 0.950 bits per heavy atom. The Labute approximate surface area is 120 Å². The molecule has 0 radical (unpaired) electrons. The summed E-state index contributed by atoms with van der Waals surface area (Å²) in [5.74, 6) is 1.03. The van der Waals surface area contributed by atoms with Crippen LogP contribution in [0.15, 0.2) is 30.3 Å². The monoisotopic (exact) mass is 270 g/mol. The Kier molecular flexibility index (Phi) is 4.03. The largest absolute Gasteiger partial charge is 0.508 e. The lowest BCUT2D eigenvalue weighted by atomic mass is 9.95. The molecule has 106 valence electrons. The lowest BCUT2D eigenvalue weighted by Gasteiger charge is -2.13. The maximum absolute atomic E-state index is 10.2. The van der Waals surface area contributed by atoms with Crippen molar-refractivity contribution < 1.29 is 10.2 Å². The van der Waals surface area contributed by atoms with E-state index in [1.54, 1.807) is 6.07 Å². The Bertz CT molecular complexity index is 628. The highest BCUT2D eigenvalue weighted by molar-refractivity contribution is 5.48. The van der Waals surface area contributed by atoms with Crippen LogP contribution in [0.1, 0.15) is 47.6 Å². The molecule has 2 aromatic carbocycles. The van der Waals surface area contributed by atoms with Gasteiger partial charge in [0.15, 0.2) is 0 Å². The van der Waals surface area contributed by atoms with Gasteiger partial charge < -0.3 is 10.2 Å². The number of phenols is 2. The summed E-state index contributed by atoms with van der Waals surface area (Å²) in [5, 5.41) is 20.2. The molecule has 0 bridgehead atoms. The van der Waals surface area contributed by atoms with Crippen LogP contribution >= 0.6 is 0 Å². The first-order valence-corrected chi connectivity index (χ1v) is 6.99. The van der Waals surface area contributed by atoms with E-state index in [1.165, 1.54) is 5.56 Å². The highest BCUT2D eigenvalue weighted by Crippen LogP contribution is 2.30. The van der Waals surface area contributed by atoms with Gasteiger partial charge in [0.25, 0.3) is 0 Å². The maximum atomic E-state index is 10.2. The summed E-state index contributed by atoms with van der Waals surface area (Å²) >= 11 is 0. The van der Waals surface area contributed by atoms with Crippen LogP contribution in [0.4, 0.5) is 0 Å². The number of hydrogen-bond acceptors (Lipinski definition) is 2. The molecule has 2 N–H and O–H groups in total. The van der Waals surface area contributed by atoms with Crippen molar-refractivity contribution in [2.24, 2.45) is 0 Å². The number of rotatable bonds is 3. The molecule has 2 heteroatoms. The molecule has 0 unspecified atom stereocenters. The van der Waals surface area contributed by atoms with E-state index in [9.17, 15) is 10.2 Å². The molecule has 0 aromatic heterocycles. The van der Waals surface area contributed by atoms with Crippen molar-refractivity contribution in [1.82, 2.24) is 0 Å². The Morgan fingerprint density at radius 2 is 1.65 bits per heavy atom. The lowest BCUT2D eigenvalue weighted by Crippen LogP contribution is -1.95. The van der Waals surface area contributed by atoms with Crippen molar-refractivity contribution in [2.75, 3.05) is 0 Å². The van der Waals surface area contributed by atoms with Crippen LogP contribution in [0.3, 0.4) is 0 Å². The predicted octanol–water partition coefficient (Wildman–Crippen LogP) is 4.43. The van der Waals surface area contributed by atoms with E-state index >= 15 is 0 Å². The van der Waals surface area contributed by atoms with Gasteiger partial charge in [-0.3, -0.25) is 0 Å². The fourth-order valence-corrected chi connectivity index (χ4v) is 2.49. The number of aromatic hydroxyl groups is 2. The summed E-state index contributed by atoms with van der Waals surface area (Å²) in [6.07, 6.45) is 0.542. The summed E-state index contributed by atoms with van der Waals surface area (Å²) in [4.78, 5) is 0. The zero-order valence-corrected chi connectivity index (χ0v) is 12.6. The van der Waals surface area contributed by atoms with E-state index in [0.29, 0.717) is 18.1 Å². The molecule has 2 nitrogen and oxygen atoms in total. The van der Waals surface area contributed by atoms with Gasteiger partial charge in [0.2, 0.25) is 0 Å². The van der Waals surface area contributed by atoms with E-state index in [1.807, 2.05) is 38.1 Å². The third-order valence-corrected chi connectivity index (χ3v) is 3.67. The fraction of sp³-hybridized carbons (Fsp3) is 0.333. The molecule has 0 saturated carbocycles. The summed E-state index contributed by atoms with van der Waals surface area (Å²) < 4.78 is 0. The van der Waals surface area contributed by atoms with Crippen LogP contribution in [0.25, 0.3) is 0 Å². The molecular weight excluding hydrogens is 248 g/mol. The molecule has 0 amide bonds. The molecule has 0 spiro atoms. The molecule has 0 heterocycles. The van der Waals surface area contributed by atoms with Crippen LogP contribution in [-0.4, -0.2) is 10.2 Å². The molecule has 2 rings (SSSR count). The van der Waals surface area contributed by atoms with Crippen LogP contribution in [0.2, 0.25) is 0 Å². The average molecular weight is 270 g/mol. The van der Waals surface area contributed by atoms with E-state index in [0.717, 1.165) is 22.3 Å². The van der Waals surface area contributed by atoms with Gasteiger partial charge in [-0.15, -0.1) is 0 Å². The van der Waals surface area contributed by atoms with Gasteiger partial charge in [-0.2, -0.15) is 0 Å². The van der Waals surface area contributed by atoms with Crippen LogP contribution in [0, 0.1) is 13.8 Å². The molecule has 0 aliphatic rings. The number of benzene rings is 2. The van der Waals surface area contributed by atoms with Crippen LogP contribution in [-0.2, 0) is 6.42 Å². The van der Waals surface area contributed by atoms with Gasteiger partial charge in [0.1, 0.15) is 11.5 Å². The average Bonchev–Trinajstić information content (AvgIpc) is 2.37. The van der Waals surface area contributed by atoms with Crippen LogP contribution in [0.5, 0.6) is 11.5 Å². The van der Waals surface area contributed by atoms with Gasteiger partial charge in [-0.05, 0) is 48.1 Å². The first kappa shape index (κ1) is 14.4. The fourth-order valence-electron chi connectivity index (χ4n) is 2.49. The Balaban J connectivity index is 2.42. The summed E-state index contributed by atoms with van der Waals surface area (Å²) in [5.41, 5.74) is 4.91. The topological polar surface area (TPSA) is 40.5 Å². The third kappa shape index (κ3) is 2.96. The SMILES string of the molecule is Cc1cc(C)c(O)c(Cc2cc(C(C)C)ccc2O)c1. The molecule has 0 aliphatic carbocycles. The minimum atomic E-state index is 0.285. The minimum absolute atomic E-state index is 0.285.